The Morgan fingerprint density at radius 1 is 1.43 bits per heavy atom. The summed E-state index contributed by atoms with van der Waals surface area (Å²) in [6, 6.07) is 5.12. The Bertz CT molecular complexity index is 763. The largest absolute Gasteiger partial charge is 0.387 e. The van der Waals surface area contributed by atoms with Crippen LogP contribution in [0, 0.1) is 5.92 Å². The number of rotatable bonds is 3. The molecule has 2 aliphatic rings. The van der Waals surface area contributed by atoms with Crippen molar-refractivity contribution in [3.05, 3.63) is 39.4 Å². The second-order valence-electron chi connectivity index (χ2n) is 6.20. The van der Waals surface area contributed by atoms with Crippen LogP contribution in [0.4, 0.5) is 0 Å². The molecule has 0 spiro atoms. The van der Waals surface area contributed by atoms with E-state index in [9.17, 15) is 9.90 Å². The van der Waals surface area contributed by atoms with Crippen molar-refractivity contribution in [2.75, 3.05) is 13.1 Å². The number of aromatic amines is 1. The molecular weight excluding hydrogens is 290 g/mol. The Balaban J connectivity index is 1.55. The van der Waals surface area contributed by atoms with Gasteiger partial charge in [-0.3, -0.25) is 9.69 Å². The average Bonchev–Trinajstić information content (AvgIpc) is 3.22. The van der Waals surface area contributed by atoms with Crippen LogP contribution in [0.5, 0.6) is 0 Å². The summed E-state index contributed by atoms with van der Waals surface area (Å²) in [5.41, 5.74) is -0.0309. The van der Waals surface area contributed by atoms with Crippen LogP contribution in [0.1, 0.15) is 18.7 Å². The molecule has 0 atom stereocenters. The van der Waals surface area contributed by atoms with E-state index >= 15 is 0 Å². The fraction of sp³-hybridized carbons (Fsp3) is 0.467. The molecule has 0 bridgehead atoms. The number of benzene rings is 1. The predicted octanol–water partition coefficient (Wildman–Crippen LogP) is 1.53. The number of hydrogen-bond acceptors (Lipinski definition) is 4. The standard InChI is InChI=1S/C15H16ClN3O2/c16-10-3-4-12-11(5-10)14(20)18-13(17-12)6-19-7-15(21,8-19)9-1-2-9/h3-5,9,21H,1-2,6-8H2,(H,17,18,20). The highest BCUT2D eigenvalue weighted by molar-refractivity contribution is 6.31. The first-order valence-corrected chi connectivity index (χ1v) is 7.54. The van der Waals surface area contributed by atoms with E-state index in [1.54, 1.807) is 18.2 Å². The van der Waals surface area contributed by atoms with Crippen LogP contribution in [-0.2, 0) is 6.54 Å². The second-order valence-corrected chi connectivity index (χ2v) is 6.63. The van der Waals surface area contributed by atoms with Crippen molar-refractivity contribution >= 4 is 22.5 Å². The van der Waals surface area contributed by atoms with Gasteiger partial charge >= 0.3 is 0 Å². The van der Waals surface area contributed by atoms with Crippen molar-refractivity contribution in [2.45, 2.75) is 25.0 Å². The van der Waals surface area contributed by atoms with E-state index in [4.69, 9.17) is 11.6 Å². The average molecular weight is 306 g/mol. The number of fused-ring (bicyclic) bond motifs is 1. The van der Waals surface area contributed by atoms with Gasteiger partial charge < -0.3 is 10.1 Å². The summed E-state index contributed by atoms with van der Waals surface area (Å²) in [7, 11) is 0. The van der Waals surface area contributed by atoms with Gasteiger partial charge in [-0.05, 0) is 37.0 Å². The van der Waals surface area contributed by atoms with Crippen LogP contribution >= 0.6 is 11.6 Å². The van der Waals surface area contributed by atoms with Crippen LogP contribution in [-0.4, -0.2) is 38.7 Å². The molecule has 1 aromatic heterocycles. The number of H-pyrrole nitrogens is 1. The molecule has 2 heterocycles. The Labute approximate surface area is 126 Å². The maximum Gasteiger partial charge on any atom is 0.258 e. The topological polar surface area (TPSA) is 69.2 Å². The fourth-order valence-electron chi connectivity index (χ4n) is 3.16. The summed E-state index contributed by atoms with van der Waals surface area (Å²) in [6.07, 6.45) is 2.27. The lowest BCUT2D eigenvalue weighted by Gasteiger charge is -2.46. The van der Waals surface area contributed by atoms with Crippen LogP contribution in [0.3, 0.4) is 0 Å². The van der Waals surface area contributed by atoms with E-state index in [1.165, 1.54) is 0 Å². The van der Waals surface area contributed by atoms with E-state index in [0.29, 0.717) is 47.3 Å². The maximum absolute atomic E-state index is 12.1. The first-order valence-electron chi connectivity index (χ1n) is 7.17. The molecule has 1 aromatic carbocycles. The third-order valence-electron chi connectivity index (χ3n) is 4.42. The quantitative estimate of drug-likeness (QED) is 0.902. The minimum absolute atomic E-state index is 0.171. The van der Waals surface area contributed by atoms with E-state index in [1.807, 2.05) is 0 Å². The summed E-state index contributed by atoms with van der Waals surface area (Å²) in [5, 5.41) is 11.3. The molecule has 4 rings (SSSR count). The summed E-state index contributed by atoms with van der Waals surface area (Å²) >= 11 is 5.90. The number of aliphatic hydroxyl groups is 1. The third-order valence-corrected chi connectivity index (χ3v) is 4.66. The van der Waals surface area contributed by atoms with Crippen molar-refractivity contribution in [3.8, 4) is 0 Å². The van der Waals surface area contributed by atoms with Gasteiger partial charge in [-0.2, -0.15) is 0 Å². The summed E-state index contributed by atoms with van der Waals surface area (Å²) in [5.74, 6) is 1.10. The fourth-order valence-corrected chi connectivity index (χ4v) is 3.34. The number of nitrogens with zero attached hydrogens (tertiary/aromatic N) is 2. The molecule has 2 fully saturated rings. The number of halogens is 1. The highest BCUT2D eigenvalue weighted by Gasteiger charge is 2.51. The summed E-state index contributed by atoms with van der Waals surface area (Å²) in [6.45, 7) is 1.89. The van der Waals surface area contributed by atoms with Crippen LogP contribution in [0.15, 0.2) is 23.0 Å². The second kappa shape index (κ2) is 4.53. The van der Waals surface area contributed by atoms with E-state index in [-0.39, 0.29) is 5.56 Å². The number of aromatic nitrogens is 2. The minimum Gasteiger partial charge on any atom is -0.387 e. The zero-order chi connectivity index (χ0) is 14.6. The number of likely N-dealkylation sites (tertiary alicyclic amines) is 1. The third kappa shape index (κ3) is 2.35. The van der Waals surface area contributed by atoms with Crippen molar-refractivity contribution < 1.29 is 5.11 Å². The lowest BCUT2D eigenvalue weighted by atomic mass is 9.89. The lowest BCUT2D eigenvalue weighted by molar-refractivity contribution is -0.117. The molecule has 110 valence electrons. The SMILES string of the molecule is O=c1[nH]c(CN2CC(O)(C3CC3)C2)nc2ccc(Cl)cc12. The van der Waals surface area contributed by atoms with Gasteiger partial charge in [0.05, 0.1) is 23.0 Å². The van der Waals surface area contributed by atoms with Gasteiger partial charge in [0.25, 0.3) is 5.56 Å². The molecule has 6 heteroatoms. The van der Waals surface area contributed by atoms with Crippen LogP contribution < -0.4 is 5.56 Å². The molecule has 0 radical (unpaired) electrons. The van der Waals surface area contributed by atoms with Crippen molar-refractivity contribution in [1.29, 1.82) is 0 Å². The summed E-state index contributed by atoms with van der Waals surface area (Å²) < 4.78 is 0. The van der Waals surface area contributed by atoms with Crippen molar-refractivity contribution in [2.24, 2.45) is 5.92 Å². The molecule has 0 unspecified atom stereocenters. The molecule has 21 heavy (non-hydrogen) atoms. The van der Waals surface area contributed by atoms with Gasteiger partial charge in [0.2, 0.25) is 0 Å². The Morgan fingerprint density at radius 3 is 2.90 bits per heavy atom. The molecule has 5 nitrogen and oxygen atoms in total. The molecule has 2 aromatic rings. The van der Waals surface area contributed by atoms with Gasteiger partial charge in [0, 0.05) is 18.1 Å². The van der Waals surface area contributed by atoms with Gasteiger partial charge in [0.1, 0.15) is 5.82 Å². The number of nitrogens with one attached hydrogen (secondary N) is 1. The Morgan fingerprint density at radius 2 is 2.19 bits per heavy atom. The molecule has 1 aliphatic carbocycles. The first kappa shape index (κ1) is 13.2. The molecule has 1 saturated carbocycles. The van der Waals surface area contributed by atoms with Crippen molar-refractivity contribution in [1.82, 2.24) is 14.9 Å². The number of hydrogen-bond donors (Lipinski definition) is 2. The van der Waals surface area contributed by atoms with Gasteiger partial charge in [0.15, 0.2) is 0 Å². The predicted molar refractivity (Wildman–Crippen MR) is 80.3 cm³/mol. The molecule has 0 amide bonds. The van der Waals surface area contributed by atoms with Crippen LogP contribution in [0.2, 0.25) is 5.02 Å². The van der Waals surface area contributed by atoms with E-state index < -0.39 is 5.60 Å². The highest BCUT2D eigenvalue weighted by Crippen LogP contribution is 2.44. The maximum atomic E-state index is 12.1. The van der Waals surface area contributed by atoms with E-state index in [2.05, 4.69) is 14.9 Å². The Hall–Kier alpha value is -1.43. The van der Waals surface area contributed by atoms with Crippen LogP contribution in [0.25, 0.3) is 10.9 Å². The highest BCUT2D eigenvalue weighted by atomic mass is 35.5. The first-order chi connectivity index (χ1) is 10.0. The molecular formula is C15H16ClN3O2. The van der Waals surface area contributed by atoms with Gasteiger partial charge in [-0.15, -0.1) is 0 Å². The summed E-state index contributed by atoms with van der Waals surface area (Å²) in [4.78, 5) is 21.4. The van der Waals surface area contributed by atoms with Gasteiger partial charge in [-0.1, -0.05) is 11.6 Å². The smallest absolute Gasteiger partial charge is 0.258 e. The van der Waals surface area contributed by atoms with Gasteiger partial charge in [-0.25, -0.2) is 4.98 Å². The zero-order valence-corrected chi connectivity index (χ0v) is 12.2. The monoisotopic (exact) mass is 305 g/mol. The lowest BCUT2D eigenvalue weighted by Crippen LogP contribution is -2.62. The van der Waals surface area contributed by atoms with E-state index in [0.717, 1.165) is 12.8 Å². The minimum atomic E-state index is -0.509. The molecule has 2 N–H and O–H groups in total. The number of β-amino-alcohol motifs (C(OH)–C–C–N with tert-alkyl or cyclic N) is 1. The molecule has 1 saturated heterocycles. The molecule has 1 aliphatic heterocycles. The Kier molecular flexibility index (Phi) is 2.86. The normalized spacial score (nSPS) is 21.4. The zero-order valence-electron chi connectivity index (χ0n) is 11.5. The van der Waals surface area contributed by atoms with Crippen molar-refractivity contribution in [3.63, 3.8) is 0 Å².